The molecule has 2 aromatic carbocycles. The number of halogens is 1. The lowest BCUT2D eigenvalue weighted by atomic mass is 9.99. The highest BCUT2D eigenvalue weighted by Crippen LogP contribution is 2.24. The van der Waals surface area contributed by atoms with Crippen LogP contribution in [0.3, 0.4) is 0 Å². The number of hydrogen-bond acceptors (Lipinski definition) is 3. The number of nitrogens with zero attached hydrogens (tertiary/aromatic N) is 3. The average molecular weight is 430 g/mol. The molecule has 0 amide bonds. The van der Waals surface area contributed by atoms with Gasteiger partial charge in [0, 0.05) is 5.56 Å². The van der Waals surface area contributed by atoms with Crippen molar-refractivity contribution in [3.05, 3.63) is 71.8 Å². The smallest absolute Gasteiger partial charge is 0.234 e. The second-order valence-electron chi connectivity index (χ2n) is 8.36. The highest BCUT2D eigenvalue weighted by molar-refractivity contribution is 5.67. The van der Waals surface area contributed by atoms with Crippen molar-refractivity contribution in [1.82, 2.24) is 9.97 Å². The van der Waals surface area contributed by atoms with Crippen LogP contribution in [0.2, 0.25) is 0 Å². The highest BCUT2D eigenvalue weighted by atomic mass is 19.1. The van der Waals surface area contributed by atoms with Crippen LogP contribution in [0.4, 0.5) is 4.39 Å². The summed E-state index contributed by atoms with van der Waals surface area (Å²) in [4.78, 5) is 7.88. The Labute approximate surface area is 191 Å². The predicted molar refractivity (Wildman–Crippen MR) is 129 cm³/mol. The number of hydrogen-bond donors (Lipinski definition) is 0. The Balaban J connectivity index is 1.46. The van der Waals surface area contributed by atoms with E-state index in [1.165, 1.54) is 69.5 Å². The lowest BCUT2D eigenvalue weighted by Crippen LogP contribution is -1.96. The Morgan fingerprint density at radius 2 is 1.28 bits per heavy atom. The molecule has 0 saturated heterocycles. The minimum atomic E-state index is -0.788. The Hall–Kier alpha value is -3.06. The van der Waals surface area contributed by atoms with Gasteiger partial charge in [-0.05, 0) is 29.5 Å². The zero-order valence-electron chi connectivity index (χ0n) is 19.0. The minimum absolute atomic E-state index is 0.145. The Kier molecular flexibility index (Phi) is 9.37. The number of nitriles is 1. The number of aryl methyl sites for hydroxylation is 1. The van der Waals surface area contributed by atoms with Crippen LogP contribution in [0.25, 0.3) is 22.5 Å². The maximum absolute atomic E-state index is 13.8. The molecule has 1 aromatic heterocycles. The van der Waals surface area contributed by atoms with Crippen LogP contribution in [0.5, 0.6) is 0 Å². The van der Waals surface area contributed by atoms with Crippen LogP contribution in [-0.2, 0) is 6.42 Å². The largest absolute Gasteiger partial charge is 0.235 e. The van der Waals surface area contributed by atoms with E-state index in [0.717, 1.165) is 23.1 Å². The van der Waals surface area contributed by atoms with Gasteiger partial charge >= 0.3 is 0 Å². The third-order valence-corrected chi connectivity index (χ3v) is 5.86. The molecule has 0 atom stereocenters. The molecular weight excluding hydrogens is 397 g/mol. The molecule has 166 valence electrons. The van der Waals surface area contributed by atoms with Crippen LogP contribution in [0, 0.1) is 17.3 Å². The molecule has 0 saturated carbocycles. The lowest BCUT2D eigenvalue weighted by molar-refractivity contribution is 0.565. The first-order valence-corrected chi connectivity index (χ1v) is 11.8. The summed E-state index contributed by atoms with van der Waals surface area (Å²) < 4.78 is 13.8. The van der Waals surface area contributed by atoms with Crippen molar-refractivity contribution in [3.8, 4) is 28.6 Å². The number of unbranched alkanes of at least 4 members (excludes halogenated alkanes) is 8. The number of rotatable bonds is 12. The third-order valence-electron chi connectivity index (χ3n) is 5.86. The third kappa shape index (κ3) is 6.99. The van der Waals surface area contributed by atoms with Gasteiger partial charge in [-0.2, -0.15) is 14.6 Å². The molecule has 0 radical (unpaired) electrons. The zero-order valence-corrected chi connectivity index (χ0v) is 19.0. The molecule has 0 unspecified atom stereocenters. The molecule has 0 aliphatic heterocycles. The first-order valence-electron chi connectivity index (χ1n) is 11.8. The minimum Gasteiger partial charge on any atom is -0.235 e. The van der Waals surface area contributed by atoms with E-state index in [2.05, 4.69) is 41.2 Å². The standard InChI is InChI=1S/C28H32FN3/c1-2-3-4-5-6-7-8-9-10-11-22-12-14-23(15-13-22)24-16-18-25(19-17-24)28-31-21-26(20-30)27(29)32-28/h12-19,21H,2-11H2,1H3. The molecule has 0 aliphatic carbocycles. The maximum atomic E-state index is 13.8. The first kappa shape index (κ1) is 23.6. The van der Waals surface area contributed by atoms with Crippen molar-refractivity contribution in [2.24, 2.45) is 0 Å². The molecule has 4 heteroatoms. The van der Waals surface area contributed by atoms with Gasteiger partial charge in [-0.1, -0.05) is 107 Å². The average Bonchev–Trinajstić information content (AvgIpc) is 2.83. The van der Waals surface area contributed by atoms with E-state index in [9.17, 15) is 4.39 Å². The van der Waals surface area contributed by atoms with Crippen LogP contribution in [-0.4, -0.2) is 9.97 Å². The van der Waals surface area contributed by atoms with Gasteiger partial charge in [-0.15, -0.1) is 0 Å². The second kappa shape index (κ2) is 12.7. The molecular formula is C28H32FN3. The Morgan fingerprint density at radius 1 is 0.750 bits per heavy atom. The van der Waals surface area contributed by atoms with Gasteiger partial charge in [0.1, 0.15) is 11.6 Å². The Morgan fingerprint density at radius 3 is 1.84 bits per heavy atom. The summed E-state index contributed by atoms with van der Waals surface area (Å²) in [6, 6.07) is 18.2. The molecule has 3 rings (SSSR count). The first-order chi connectivity index (χ1) is 15.7. The topological polar surface area (TPSA) is 49.6 Å². The molecule has 0 fully saturated rings. The predicted octanol–water partition coefficient (Wildman–Crippen LogP) is 7.89. The fourth-order valence-electron chi connectivity index (χ4n) is 3.89. The molecule has 0 bridgehead atoms. The quantitative estimate of drug-likeness (QED) is 0.217. The lowest BCUT2D eigenvalue weighted by Gasteiger charge is -2.07. The van der Waals surface area contributed by atoms with Crippen LogP contribution < -0.4 is 0 Å². The van der Waals surface area contributed by atoms with Gasteiger partial charge < -0.3 is 0 Å². The van der Waals surface area contributed by atoms with Crippen LogP contribution in [0.15, 0.2) is 54.7 Å². The zero-order chi connectivity index (χ0) is 22.6. The summed E-state index contributed by atoms with van der Waals surface area (Å²) in [6.45, 7) is 2.26. The van der Waals surface area contributed by atoms with E-state index in [1.54, 1.807) is 6.07 Å². The molecule has 1 heterocycles. The maximum Gasteiger partial charge on any atom is 0.234 e. The summed E-state index contributed by atoms with van der Waals surface area (Å²) in [6.07, 6.45) is 14.5. The SMILES string of the molecule is CCCCCCCCCCCc1ccc(-c2ccc(-c3ncc(C#N)c(F)n3)cc2)cc1. The van der Waals surface area contributed by atoms with Crippen molar-refractivity contribution in [3.63, 3.8) is 0 Å². The fourth-order valence-corrected chi connectivity index (χ4v) is 3.89. The van der Waals surface area contributed by atoms with Gasteiger partial charge in [0.25, 0.3) is 0 Å². The summed E-state index contributed by atoms with van der Waals surface area (Å²) in [5, 5.41) is 8.81. The van der Waals surface area contributed by atoms with Gasteiger partial charge in [0.2, 0.25) is 5.95 Å². The van der Waals surface area contributed by atoms with E-state index in [-0.39, 0.29) is 11.4 Å². The molecule has 0 N–H and O–H groups in total. The number of benzene rings is 2. The van der Waals surface area contributed by atoms with Crippen molar-refractivity contribution < 1.29 is 4.39 Å². The van der Waals surface area contributed by atoms with Crippen molar-refractivity contribution in [2.45, 2.75) is 71.1 Å². The van der Waals surface area contributed by atoms with Gasteiger partial charge in [-0.3, -0.25) is 0 Å². The highest BCUT2D eigenvalue weighted by Gasteiger charge is 2.08. The number of aromatic nitrogens is 2. The van der Waals surface area contributed by atoms with Gasteiger partial charge in [0.15, 0.2) is 5.82 Å². The monoisotopic (exact) mass is 429 g/mol. The van der Waals surface area contributed by atoms with Crippen molar-refractivity contribution >= 4 is 0 Å². The van der Waals surface area contributed by atoms with Crippen LogP contribution in [0.1, 0.15) is 75.8 Å². The van der Waals surface area contributed by atoms with Gasteiger partial charge in [0.05, 0.1) is 6.20 Å². The molecule has 3 nitrogen and oxygen atoms in total. The normalized spacial score (nSPS) is 10.8. The van der Waals surface area contributed by atoms with E-state index in [1.807, 2.05) is 24.3 Å². The van der Waals surface area contributed by atoms with Crippen molar-refractivity contribution in [2.75, 3.05) is 0 Å². The van der Waals surface area contributed by atoms with Crippen LogP contribution >= 0.6 is 0 Å². The fraction of sp³-hybridized carbons (Fsp3) is 0.393. The van der Waals surface area contributed by atoms with E-state index in [4.69, 9.17) is 5.26 Å². The summed E-state index contributed by atoms with van der Waals surface area (Å²) in [7, 11) is 0. The van der Waals surface area contributed by atoms with E-state index < -0.39 is 5.95 Å². The van der Waals surface area contributed by atoms with Crippen molar-refractivity contribution in [1.29, 1.82) is 5.26 Å². The molecule has 0 aliphatic rings. The summed E-state index contributed by atoms with van der Waals surface area (Å²) in [5.41, 5.74) is 4.21. The summed E-state index contributed by atoms with van der Waals surface area (Å²) >= 11 is 0. The molecule has 3 aromatic rings. The second-order valence-corrected chi connectivity index (χ2v) is 8.36. The van der Waals surface area contributed by atoms with Gasteiger partial charge in [-0.25, -0.2) is 4.98 Å². The van der Waals surface area contributed by atoms with E-state index in [0.29, 0.717) is 0 Å². The summed E-state index contributed by atoms with van der Waals surface area (Å²) in [5.74, 6) is -0.506. The molecule has 0 spiro atoms. The van der Waals surface area contributed by atoms with E-state index >= 15 is 0 Å². The molecule has 32 heavy (non-hydrogen) atoms. The Bertz CT molecular complexity index is 1000.